The fraction of sp³-hybridized carbons (Fsp3) is 0.400. The molecular formula is C15H17F2NO. The van der Waals surface area contributed by atoms with Gasteiger partial charge in [-0.25, -0.2) is 8.78 Å². The molecule has 0 saturated heterocycles. The summed E-state index contributed by atoms with van der Waals surface area (Å²) in [6, 6.07) is 2.44. The molecule has 102 valence electrons. The van der Waals surface area contributed by atoms with E-state index in [4.69, 9.17) is 0 Å². The molecule has 0 aliphatic carbocycles. The first-order valence-corrected chi connectivity index (χ1v) is 6.38. The lowest BCUT2D eigenvalue weighted by molar-refractivity contribution is -0.115. The highest BCUT2D eigenvalue weighted by atomic mass is 19.2. The zero-order valence-corrected chi connectivity index (χ0v) is 11.3. The third-order valence-corrected chi connectivity index (χ3v) is 3.69. The van der Waals surface area contributed by atoms with Crippen molar-refractivity contribution < 1.29 is 13.6 Å². The van der Waals surface area contributed by atoms with E-state index in [2.05, 4.69) is 5.32 Å². The van der Waals surface area contributed by atoms with Crippen LogP contribution < -0.4 is 5.32 Å². The Hall–Kier alpha value is -1.71. The molecule has 0 fully saturated rings. The van der Waals surface area contributed by atoms with Crippen LogP contribution in [0.4, 0.5) is 8.78 Å². The highest BCUT2D eigenvalue weighted by molar-refractivity contribution is 6.00. The molecule has 4 heteroatoms. The molecule has 1 atom stereocenters. The molecule has 1 aromatic rings. The largest absolute Gasteiger partial charge is 0.348 e. The van der Waals surface area contributed by atoms with Gasteiger partial charge in [0.15, 0.2) is 11.6 Å². The van der Waals surface area contributed by atoms with Crippen molar-refractivity contribution in [2.45, 2.75) is 26.7 Å². The highest BCUT2D eigenvalue weighted by Gasteiger charge is 2.22. The number of hydrogen-bond acceptors (Lipinski definition) is 1. The van der Waals surface area contributed by atoms with Crippen LogP contribution in [0.15, 0.2) is 18.2 Å². The smallest absolute Gasteiger partial charge is 0.244 e. The summed E-state index contributed by atoms with van der Waals surface area (Å²) in [4.78, 5) is 11.2. The summed E-state index contributed by atoms with van der Waals surface area (Å²) in [5.74, 6) is -1.53. The summed E-state index contributed by atoms with van der Waals surface area (Å²) in [5, 5.41) is 2.65. The predicted octanol–water partition coefficient (Wildman–Crippen LogP) is 3.24. The van der Waals surface area contributed by atoms with Crippen molar-refractivity contribution >= 4 is 11.5 Å². The van der Waals surface area contributed by atoms with Crippen LogP contribution in [-0.4, -0.2) is 12.5 Å². The second kappa shape index (κ2) is 5.11. The minimum Gasteiger partial charge on any atom is -0.348 e. The molecule has 1 N–H and O–H groups in total. The maximum atomic E-state index is 13.5. The Bertz CT molecular complexity index is 549. The van der Waals surface area contributed by atoms with Gasteiger partial charge < -0.3 is 5.32 Å². The van der Waals surface area contributed by atoms with Gasteiger partial charge in [-0.3, -0.25) is 4.79 Å². The Balaban J connectivity index is 2.55. The Morgan fingerprint density at radius 2 is 1.79 bits per heavy atom. The van der Waals surface area contributed by atoms with Gasteiger partial charge in [0.2, 0.25) is 5.91 Å². The maximum absolute atomic E-state index is 13.5. The molecule has 2 rings (SSSR count). The third-order valence-electron chi connectivity index (χ3n) is 3.69. The van der Waals surface area contributed by atoms with Gasteiger partial charge in [-0.05, 0) is 40.7 Å². The molecule has 19 heavy (non-hydrogen) atoms. The average molecular weight is 265 g/mol. The minimum absolute atomic E-state index is 0.0849. The van der Waals surface area contributed by atoms with Crippen LogP contribution in [0.25, 0.3) is 5.57 Å². The summed E-state index contributed by atoms with van der Waals surface area (Å²) in [6.45, 7) is 6.40. The van der Waals surface area contributed by atoms with E-state index in [1.807, 2.05) is 20.8 Å². The molecule has 1 aliphatic heterocycles. The van der Waals surface area contributed by atoms with Gasteiger partial charge in [0, 0.05) is 12.6 Å². The topological polar surface area (TPSA) is 29.1 Å². The molecule has 1 aliphatic rings. The van der Waals surface area contributed by atoms with Gasteiger partial charge in [-0.1, -0.05) is 20.8 Å². The molecule has 0 radical (unpaired) electrons. The quantitative estimate of drug-likeness (QED) is 0.893. The SMILES string of the molecule is CC(C)C(C)c1cc(F)c(F)cc1C1=CC(=O)NC1. The lowest BCUT2D eigenvalue weighted by Crippen LogP contribution is -2.15. The van der Waals surface area contributed by atoms with E-state index in [0.717, 1.165) is 5.56 Å². The van der Waals surface area contributed by atoms with Crippen molar-refractivity contribution in [1.29, 1.82) is 0 Å². The van der Waals surface area contributed by atoms with Crippen LogP contribution in [0, 0.1) is 17.6 Å². The highest BCUT2D eigenvalue weighted by Crippen LogP contribution is 2.33. The van der Waals surface area contributed by atoms with E-state index in [-0.39, 0.29) is 11.8 Å². The monoisotopic (exact) mass is 265 g/mol. The van der Waals surface area contributed by atoms with Crippen molar-refractivity contribution in [2.24, 2.45) is 5.92 Å². The Kier molecular flexibility index (Phi) is 3.69. The standard InChI is InChI=1S/C15H17F2NO/c1-8(2)9(3)11-5-13(16)14(17)6-12(11)10-4-15(19)18-7-10/h4-6,8-9H,7H2,1-3H3,(H,18,19). The van der Waals surface area contributed by atoms with E-state index in [1.165, 1.54) is 18.2 Å². The van der Waals surface area contributed by atoms with Gasteiger partial charge in [0.25, 0.3) is 0 Å². The Morgan fingerprint density at radius 3 is 2.32 bits per heavy atom. The zero-order valence-electron chi connectivity index (χ0n) is 11.3. The Morgan fingerprint density at radius 1 is 1.16 bits per heavy atom. The first kappa shape index (κ1) is 13.7. The van der Waals surface area contributed by atoms with E-state index < -0.39 is 11.6 Å². The van der Waals surface area contributed by atoms with Crippen LogP contribution in [0.2, 0.25) is 0 Å². The number of carbonyl (C=O) groups excluding carboxylic acids is 1. The van der Waals surface area contributed by atoms with Gasteiger partial charge in [-0.2, -0.15) is 0 Å². The number of nitrogens with one attached hydrogen (secondary N) is 1. The summed E-state index contributed by atoms with van der Waals surface area (Å²) in [7, 11) is 0. The molecule has 1 aromatic carbocycles. The van der Waals surface area contributed by atoms with Crippen molar-refractivity contribution in [3.8, 4) is 0 Å². The van der Waals surface area contributed by atoms with Gasteiger partial charge in [0.05, 0.1) is 0 Å². The number of rotatable bonds is 3. The van der Waals surface area contributed by atoms with Crippen LogP contribution >= 0.6 is 0 Å². The van der Waals surface area contributed by atoms with Crippen molar-refractivity contribution in [1.82, 2.24) is 5.32 Å². The molecular weight excluding hydrogens is 248 g/mol. The molecule has 0 aromatic heterocycles. The van der Waals surface area contributed by atoms with Gasteiger partial charge in [0.1, 0.15) is 0 Å². The molecule has 1 unspecified atom stereocenters. The van der Waals surface area contributed by atoms with Crippen LogP contribution in [-0.2, 0) is 4.79 Å². The van der Waals surface area contributed by atoms with Crippen LogP contribution in [0.5, 0.6) is 0 Å². The van der Waals surface area contributed by atoms with Crippen molar-refractivity contribution in [3.63, 3.8) is 0 Å². The Labute approximate surface area is 111 Å². The van der Waals surface area contributed by atoms with Crippen LogP contribution in [0.3, 0.4) is 0 Å². The summed E-state index contributed by atoms with van der Waals surface area (Å²) < 4.78 is 26.9. The number of halogens is 2. The average Bonchev–Trinajstić information content (AvgIpc) is 2.77. The summed E-state index contributed by atoms with van der Waals surface area (Å²) >= 11 is 0. The van der Waals surface area contributed by atoms with Crippen molar-refractivity contribution in [3.05, 3.63) is 41.0 Å². The molecule has 1 heterocycles. The second-order valence-corrected chi connectivity index (χ2v) is 5.27. The van der Waals surface area contributed by atoms with E-state index in [9.17, 15) is 13.6 Å². The first-order valence-electron chi connectivity index (χ1n) is 6.38. The van der Waals surface area contributed by atoms with E-state index >= 15 is 0 Å². The number of amides is 1. The molecule has 1 amide bonds. The normalized spacial score (nSPS) is 16.5. The van der Waals surface area contributed by atoms with Crippen LogP contribution in [0.1, 0.15) is 37.8 Å². The third kappa shape index (κ3) is 2.67. The summed E-state index contributed by atoms with van der Waals surface area (Å²) in [5.41, 5.74) is 2.08. The lowest BCUT2D eigenvalue weighted by Gasteiger charge is -2.20. The number of hydrogen-bond donors (Lipinski definition) is 1. The van der Waals surface area contributed by atoms with Gasteiger partial charge >= 0.3 is 0 Å². The maximum Gasteiger partial charge on any atom is 0.244 e. The molecule has 0 spiro atoms. The van der Waals surface area contributed by atoms with Crippen molar-refractivity contribution in [2.75, 3.05) is 6.54 Å². The fourth-order valence-electron chi connectivity index (χ4n) is 2.19. The van der Waals surface area contributed by atoms with E-state index in [0.29, 0.717) is 23.6 Å². The number of benzene rings is 1. The first-order chi connectivity index (χ1) is 8.90. The van der Waals surface area contributed by atoms with Gasteiger partial charge in [-0.15, -0.1) is 0 Å². The molecule has 2 nitrogen and oxygen atoms in total. The fourth-order valence-corrected chi connectivity index (χ4v) is 2.19. The van der Waals surface area contributed by atoms with E-state index in [1.54, 1.807) is 0 Å². The molecule has 0 saturated carbocycles. The summed E-state index contributed by atoms with van der Waals surface area (Å²) in [6.07, 6.45) is 1.45. The number of carbonyl (C=O) groups is 1. The second-order valence-electron chi connectivity index (χ2n) is 5.27. The lowest BCUT2D eigenvalue weighted by atomic mass is 9.85. The molecule has 0 bridgehead atoms. The minimum atomic E-state index is -0.880. The predicted molar refractivity (Wildman–Crippen MR) is 70.6 cm³/mol. The zero-order chi connectivity index (χ0) is 14.2.